The quantitative estimate of drug-likeness (QED) is 0.865. The van der Waals surface area contributed by atoms with E-state index in [0.717, 1.165) is 0 Å². The maximum Gasteiger partial charge on any atom is 0.315 e. The Hall–Kier alpha value is -1.81. The van der Waals surface area contributed by atoms with Crippen LogP contribution in [0.3, 0.4) is 0 Å². The summed E-state index contributed by atoms with van der Waals surface area (Å²) in [5.41, 5.74) is -0.550. The number of rotatable bonds is 4. The van der Waals surface area contributed by atoms with Gasteiger partial charge in [0.2, 0.25) is 5.78 Å². The third-order valence-electron chi connectivity index (χ3n) is 2.64. The highest BCUT2D eigenvalue weighted by Crippen LogP contribution is 2.26. The highest BCUT2D eigenvalue weighted by atomic mass is 35.5. The molecule has 1 heterocycles. The molecule has 0 saturated carbocycles. The molecule has 2 aromatic rings. The Morgan fingerprint density at radius 3 is 2.40 bits per heavy atom. The van der Waals surface area contributed by atoms with E-state index >= 15 is 0 Å². The summed E-state index contributed by atoms with van der Waals surface area (Å²) < 4.78 is 7.31. The van der Waals surface area contributed by atoms with Crippen LogP contribution in [-0.2, 0) is 4.79 Å². The van der Waals surface area contributed by atoms with Crippen LogP contribution in [-0.4, -0.2) is 15.3 Å². The fourth-order valence-electron chi connectivity index (χ4n) is 1.53. The average Bonchev–Trinajstić information content (AvgIpc) is 2.90. The summed E-state index contributed by atoms with van der Waals surface area (Å²) in [6.45, 7) is 5.53. The topological polar surface area (TPSA) is 44.1 Å². The SMILES string of the molecule is CC(C)(C)C(=O)[C](Oc1ccc(Cl)cc1)n1ccnc1. The summed E-state index contributed by atoms with van der Waals surface area (Å²) >= 11 is 5.84. The molecular formula is C15H16ClN2O2. The van der Waals surface area contributed by atoms with Gasteiger partial charge >= 0.3 is 6.23 Å². The number of hydrogen-bond acceptors (Lipinski definition) is 3. The molecule has 0 spiro atoms. The van der Waals surface area contributed by atoms with Gasteiger partial charge < -0.3 is 4.74 Å². The van der Waals surface area contributed by atoms with Crippen LogP contribution in [0, 0.1) is 11.6 Å². The van der Waals surface area contributed by atoms with E-state index in [-0.39, 0.29) is 12.0 Å². The van der Waals surface area contributed by atoms with E-state index in [0.29, 0.717) is 10.8 Å². The molecule has 0 saturated heterocycles. The molecule has 0 unspecified atom stereocenters. The van der Waals surface area contributed by atoms with E-state index in [1.807, 2.05) is 20.8 Å². The molecule has 0 amide bonds. The first-order valence-corrected chi connectivity index (χ1v) is 6.59. The number of imidazole rings is 1. The summed E-state index contributed by atoms with van der Waals surface area (Å²) in [5, 5.41) is 0.615. The molecule has 0 N–H and O–H groups in total. The fraction of sp³-hybridized carbons (Fsp3) is 0.267. The minimum absolute atomic E-state index is 0.106. The third-order valence-corrected chi connectivity index (χ3v) is 2.89. The predicted octanol–water partition coefficient (Wildman–Crippen LogP) is 3.57. The van der Waals surface area contributed by atoms with Crippen LogP contribution < -0.4 is 4.74 Å². The minimum atomic E-state index is -0.550. The van der Waals surface area contributed by atoms with Crippen molar-refractivity contribution in [2.75, 3.05) is 0 Å². The van der Waals surface area contributed by atoms with Gasteiger partial charge in [0.15, 0.2) is 0 Å². The molecule has 105 valence electrons. The zero-order valence-corrected chi connectivity index (χ0v) is 12.4. The molecule has 0 aliphatic heterocycles. The highest BCUT2D eigenvalue weighted by Gasteiger charge is 2.34. The Bertz CT molecular complexity index is 571. The van der Waals surface area contributed by atoms with Crippen molar-refractivity contribution in [2.45, 2.75) is 20.8 Å². The minimum Gasteiger partial charge on any atom is -0.454 e. The van der Waals surface area contributed by atoms with Crippen molar-refractivity contribution in [2.24, 2.45) is 5.41 Å². The van der Waals surface area contributed by atoms with Crippen molar-refractivity contribution in [3.8, 4) is 5.75 Å². The molecule has 1 aromatic heterocycles. The van der Waals surface area contributed by atoms with Gasteiger partial charge in [-0.1, -0.05) is 32.4 Å². The Kier molecular flexibility index (Phi) is 4.14. The molecule has 1 aromatic carbocycles. The van der Waals surface area contributed by atoms with Crippen molar-refractivity contribution < 1.29 is 9.53 Å². The number of Topliss-reactive ketones (excluding diaryl/α,β-unsaturated/α-hetero) is 1. The van der Waals surface area contributed by atoms with E-state index in [9.17, 15) is 4.79 Å². The van der Waals surface area contributed by atoms with Gasteiger partial charge in [-0.25, -0.2) is 4.98 Å². The maximum atomic E-state index is 12.5. The number of benzene rings is 1. The van der Waals surface area contributed by atoms with Crippen LogP contribution in [0.5, 0.6) is 5.75 Å². The van der Waals surface area contributed by atoms with Crippen LogP contribution in [0.25, 0.3) is 0 Å². The van der Waals surface area contributed by atoms with Crippen molar-refractivity contribution in [3.63, 3.8) is 0 Å². The van der Waals surface area contributed by atoms with Gasteiger partial charge in [-0.15, -0.1) is 0 Å². The first-order chi connectivity index (χ1) is 9.38. The van der Waals surface area contributed by atoms with Gasteiger partial charge in [0.25, 0.3) is 0 Å². The van der Waals surface area contributed by atoms with E-state index < -0.39 is 5.41 Å². The molecule has 0 aliphatic rings. The molecule has 0 bridgehead atoms. The van der Waals surface area contributed by atoms with Gasteiger partial charge in [0.05, 0.1) is 6.33 Å². The second-order valence-corrected chi connectivity index (χ2v) is 5.85. The summed E-state index contributed by atoms with van der Waals surface area (Å²) in [5.74, 6) is 0.446. The smallest absolute Gasteiger partial charge is 0.315 e. The van der Waals surface area contributed by atoms with Crippen LogP contribution in [0.2, 0.25) is 5.02 Å². The number of carbonyl (C=O) groups is 1. The van der Waals surface area contributed by atoms with Crippen molar-refractivity contribution in [1.29, 1.82) is 0 Å². The molecule has 1 radical (unpaired) electrons. The molecule has 2 rings (SSSR count). The van der Waals surface area contributed by atoms with Crippen molar-refractivity contribution >= 4 is 17.4 Å². The lowest BCUT2D eigenvalue weighted by Crippen LogP contribution is -2.34. The number of nitrogens with zero attached hydrogens (tertiary/aromatic N) is 2. The second-order valence-electron chi connectivity index (χ2n) is 5.41. The van der Waals surface area contributed by atoms with E-state index in [4.69, 9.17) is 16.3 Å². The lowest BCUT2D eigenvalue weighted by atomic mass is 9.89. The molecule has 5 heteroatoms. The summed E-state index contributed by atoms with van der Waals surface area (Å²) in [6, 6.07) is 6.86. The van der Waals surface area contributed by atoms with Crippen LogP contribution in [0.4, 0.5) is 0 Å². The fourth-order valence-corrected chi connectivity index (χ4v) is 1.66. The lowest BCUT2D eigenvalue weighted by Gasteiger charge is -2.24. The third kappa shape index (κ3) is 3.39. The van der Waals surface area contributed by atoms with Crippen LogP contribution in [0.15, 0.2) is 43.0 Å². The predicted molar refractivity (Wildman–Crippen MR) is 77.4 cm³/mol. The summed E-state index contributed by atoms with van der Waals surface area (Å²) in [7, 11) is 0. The monoisotopic (exact) mass is 291 g/mol. The van der Waals surface area contributed by atoms with Crippen LogP contribution in [0.1, 0.15) is 20.8 Å². The van der Waals surface area contributed by atoms with Gasteiger partial charge in [-0.05, 0) is 24.3 Å². The molecule has 20 heavy (non-hydrogen) atoms. The Labute approximate surface area is 123 Å². The zero-order valence-electron chi connectivity index (χ0n) is 11.6. The first kappa shape index (κ1) is 14.6. The normalized spacial score (nSPS) is 11.7. The van der Waals surface area contributed by atoms with E-state index in [1.54, 1.807) is 41.2 Å². The number of ketones is 1. The maximum absolute atomic E-state index is 12.5. The molecule has 4 nitrogen and oxygen atoms in total. The molecule has 0 fully saturated rings. The van der Waals surface area contributed by atoms with Gasteiger partial charge in [-0.3, -0.25) is 9.36 Å². The summed E-state index contributed by atoms with van der Waals surface area (Å²) in [6.07, 6.45) is 5.03. The van der Waals surface area contributed by atoms with Crippen molar-refractivity contribution in [3.05, 3.63) is 54.2 Å². The molecular weight excluding hydrogens is 276 g/mol. The lowest BCUT2D eigenvalue weighted by molar-refractivity contribution is -0.128. The van der Waals surface area contributed by atoms with Crippen molar-refractivity contribution in [1.82, 2.24) is 9.55 Å². The second kappa shape index (κ2) is 5.67. The van der Waals surface area contributed by atoms with E-state index in [1.165, 1.54) is 6.33 Å². The number of hydrogen-bond donors (Lipinski definition) is 0. The number of carbonyl (C=O) groups excluding carboxylic acids is 1. The van der Waals surface area contributed by atoms with Gasteiger partial charge in [0.1, 0.15) is 5.75 Å². The van der Waals surface area contributed by atoms with Gasteiger partial charge in [0, 0.05) is 22.8 Å². The largest absolute Gasteiger partial charge is 0.454 e. The zero-order chi connectivity index (χ0) is 14.8. The Morgan fingerprint density at radius 2 is 1.90 bits per heavy atom. The molecule has 0 atom stereocenters. The highest BCUT2D eigenvalue weighted by molar-refractivity contribution is 6.30. The van der Waals surface area contributed by atoms with Crippen LogP contribution >= 0.6 is 11.6 Å². The standard InChI is InChI=1S/C15H16ClN2O2/c1-15(2,3)13(19)14(18-9-8-17-10-18)20-12-6-4-11(16)5-7-12/h4-10H,1-3H3. The number of aromatic nitrogens is 2. The summed E-state index contributed by atoms with van der Waals surface area (Å²) in [4.78, 5) is 16.4. The average molecular weight is 292 g/mol. The Balaban J connectivity index is 2.28. The van der Waals surface area contributed by atoms with Gasteiger partial charge in [-0.2, -0.15) is 0 Å². The first-order valence-electron chi connectivity index (χ1n) is 6.21. The Morgan fingerprint density at radius 1 is 1.25 bits per heavy atom. The number of halogens is 1. The number of ether oxygens (including phenoxy) is 1. The molecule has 0 aliphatic carbocycles. The van der Waals surface area contributed by atoms with E-state index in [2.05, 4.69) is 4.98 Å².